The SMILES string of the molecule is CC(=O)CC(C(=S)Cl)C(F)(F)F. The third-order valence-electron chi connectivity index (χ3n) is 1.16. The van der Waals surface area contributed by atoms with E-state index >= 15 is 0 Å². The molecule has 0 aliphatic carbocycles. The van der Waals surface area contributed by atoms with Gasteiger partial charge in [-0.05, 0) is 6.92 Å². The molecule has 12 heavy (non-hydrogen) atoms. The highest BCUT2D eigenvalue weighted by Gasteiger charge is 2.42. The molecule has 6 heteroatoms. The van der Waals surface area contributed by atoms with E-state index < -0.39 is 28.6 Å². The van der Waals surface area contributed by atoms with Crippen LogP contribution >= 0.6 is 23.8 Å². The molecule has 0 spiro atoms. The van der Waals surface area contributed by atoms with Crippen LogP contribution in [0.1, 0.15) is 13.3 Å². The summed E-state index contributed by atoms with van der Waals surface area (Å²) in [5.41, 5.74) is 0. The van der Waals surface area contributed by atoms with Crippen LogP contribution in [0.5, 0.6) is 0 Å². The smallest absolute Gasteiger partial charge is 0.300 e. The molecule has 1 unspecified atom stereocenters. The molecule has 0 bridgehead atoms. The van der Waals surface area contributed by atoms with Crippen LogP contribution < -0.4 is 0 Å². The van der Waals surface area contributed by atoms with Crippen molar-refractivity contribution in [1.29, 1.82) is 0 Å². The third kappa shape index (κ3) is 4.01. The number of hydrogen-bond donors (Lipinski definition) is 0. The van der Waals surface area contributed by atoms with Crippen molar-refractivity contribution in [1.82, 2.24) is 0 Å². The number of ketones is 1. The lowest BCUT2D eigenvalue weighted by Crippen LogP contribution is -2.28. The molecular weight excluding hydrogens is 213 g/mol. The summed E-state index contributed by atoms with van der Waals surface area (Å²) < 4.78 is 35.3. The maximum absolute atomic E-state index is 12.0. The second kappa shape index (κ2) is 4.18. The second-order valence-corrected chi connectivity index (χ2v) is 3.38. The Labute approximate surface area is 77.9 Å². The van der Waals surface area contributed by atoms with Gasteiger partial charge in [0.1, 0.15) is 11.7 Å². The Hall–Kier alpha value is -0.160. The first-order valence-electron chi connectivity index (χ1n) is 3.00. The van der Waals surface area contributed by atoms with Crippen LogP contribution in [-0.2, 0) is 4.79 Å². The lowest BCUT2D eigenvalue weighted by Gasteiger charge is -2.15. The first kappa shape index (κ1) is 11.8. The molecule has 0 radical (unpaired) electrons. The Morgan fingerprint density at radius 3 is 2.08 bits per heavy atom. The molecular formula is C6H6ClF3OS. The number of carbonyl (C=O) groups is 1. The Bertz CT molecular complexity index is 201. The summed E-state index contributed by atoms with van der Waals surface area (Å²) in [6.45, 7) is 1.06. The number of alkyl halides is 3. The molecule has 0 saturated heterocycles. The summed E-state index contributed by atoms with van der Waals surface area (Å²) >= 11 is 9.21. The van der Waals surface area contributed by atoms with Gasteiger partial charge in [0.25, 0.3) is 0 Å². The van der Waals surface area contributed by atoms with Gasteiger partial charge in [0.05, 0.1) is 4.32 Å². The molecule has 0 aromatic carbocycles. The van der Waals surface area contributed by atoms with Crippen LogP contribution in [0.2, 0.25) is 0 Å². The fraction of sp³-hybridized carbons (Fsp3) is 0.667. The average Bonchev–Trinajstić information content (AvgIpc) is 1.79. The zero-order chi connectivity index (χ0) is 9.94. The Morgan fingerprint density at radius 1 is 1.58 bits per heavy atom. The van der Waals surface area contributed by atoms with Crippen molar-refractivity contribution in [3.63, 3.8) is 0 Å². The van der Waals surface area contributed by atoms with Gasteiger partial charge < -0.3 is 0 Å². The molecule has 0 heterocycles. The largest absolute Gasteiger partial charge is 0.397 e. The van der Waals surface area contributed by atoms with Gasteiger partial charge in [-0.15, -0.1) is 0 Å². The highest BCUT2D eigenvalue weighted by Crippen LogP contribution is 2.31. The zero-order valence-electron chi connectivity index (χ0n) is 6.11. The predicted octanol–water partition coefficient (Wildman–Crippen LogP) is 2.71. The summed E-state index contributed by atoms with van der Waals surface area (Å²) in [6, 6.07) is 0. The van der Waals surface area contributed by atoms with E-state index in [2.05, 4.69) is 12.2 Å². The summed E-state index contributed by atoms with van der Waals surface area (Å²) in [5, 5.41) is 0. The minimum absolute atomic E-state index is 0.583. The first-order chi connectivity index (χ1) is 5.25. The number of thiocarbonyl (C=S) groups is 1. The van der Waals surface area contributed by atoms with Gasteiger partial charge in [-0.25, -0.2) is 0 Å². The minimum Gasteiger partial charge on any atom is -0.300 e. The van der Waals surface area contributed by atoms with Gasteiger partial charge in [0, 0.05) is 6.42 Å². The van der Waals surface area contributed by atoms with Crippen LogP contribution in [0, 0.1) is 5.92 Å². The maximum Gasteiger partial charge on any atom is 0.397 e. The van der Waals surface area contributed by atoms with Gasteiger partial charge >= 0.3 is 6.18 Å². The summed E-state index contributed by atoms with van der Waals surface area (Å²) in [4.78, 5) is 10.4. The molecule has 0 aromatic rings. The minimum atomic E-state index is -4.52. The fourth-order valence-electron chi connectivity index (χ4n) is 0.612. The van der Waals surface area contributed by atoms with Crippen molar-refractivity contribution in [3.05, 3.63) is 0 Å². The average molecular weight is 219 g/mol. The molecule has 0 aliphatic heterocycles. The molecule has 0 amide bonds. The molecule has 1 atom stereocenters. The number of halogens is 4. The van der Waals surface area contributed by atoms with Crippen LogP contribution in [0.25, 0.3) is 0 Å². The highest BCUT2D eigenvalue weighted by atomic mass is 35.5. The highest BCUT2D eigenvalue weighted by molar-refractivity contribution is 7.83. The second-order valence-electron chi connectivity index (χ2n) is 2.30. The fourth-order valence-corrected chi connectivity index (χ4v) is 1.03. The molecule has 0 aromatic heterocycles. The molecule has 0 rings (SSSR count). The molecule has 70 valence electrons. The summed E-state index contributed by atoms with van der Waals surface area (Å²) in [7, 11) is 0. The van der Waals surface area contributed by atoms with E-state index in [1.807, 2.05) is 0 Å². The van der Waals surface area contributed by atoms with Gasteiger partial charge in [-0.3, -0.25) is 4.79 Å². The normalized spacial score (nSPS) is 14.1. The molecule has 0 aliphatic rings. The van der Waals surface area contributed by atoms with E-state index in [-0.39, 0.29) is 0 Å². The quantitative estimate of drug-likeness (QED) is 0.535. The molecule has 1 nitrogen and oxygen atoms in total. The summed E-state index contributed by atoms with van der Waals surface area (Å²) in [5.74, 6) is -2.58. The Morgan fingerprint density at radius 2 is 2.00 bits per heavy atom. The molecule has 0 fully saturated rings. The van der Waals surface area contributed by atoms with Gasteiger partial charge in [-0.1, -0.05) is 23.8 Å². The van der Waals surface area contributed by atoms with Crippen LogP contribution in [0.15, 0.2) is 0 Å². The molecule has 0 N–H and O–H groups in total. The topological polar surface area (TPSA) is 17.1 Å². The van der Waals surface area contributed by atoms with Crippen molar-refractivity contribution in [2.75, 3.05) is 0 Å². The lowest BCUT2D eigenvalue weighted by atomic mass is 10.1. The van der Waals surface area contributed by atoms with Crippen LogP contribution in [0.4, 0.5) is 13.2 Å². The van der Waals surface area contributed by atoms with Crippen molar-refractivity contribution in [3.8, 4) is 0 Å². The summed E-state index contributed by atoms with van der Waals surface area (Å²) in [6.07, 6.45) is -5.20. The zero-order valence-corrected chi connectivity index (χ0v) is 7.69. The first-order valence-corrected chi connectivity index (χ1v) is 3.79. The Kier molecular flexibility index (Phi) is 4.13. The van der Waals surface area contributed by atoms with E-state index in [1.165, 1.54) is 0 Å². The van der Waals surface area contributed by atoms with E-state index in [4.69, 9.17) is 11.6 Å². The lowest BCUT2D eigenvalue weighted by molar-refractivity contribution is -0.159. The maximum atomic E-state index is 12.0. The predicted molar refractivity (Wildman–Crippen MR) is 43.3 cm³/mol. The van der Waals surface area contributed by atoms with Gasteiger partial charge in [-0.2, -0.15) is 13.2 Å². The molecule has 0 saturated carbocycles. The van der Waals surface area contributed by atoms with Gasteiger partial charge in [0.15, 0.2) is 0 Å². The van der Waals surface area contributed by atoms with E-state index in [0.29, 0.717) is 0 Å². The van der Waals surface area contributed by atoms with Crippen molar-refractivity contribution >= 4 is 33.9 Å². The number of hydrogen-bond acceptors (Lipinski definition) is 2. The number of Topliss-reactive ketones (excluding diaryl/α,β-unsaturated/α-hetero) is 1. The van der Waals surface area contributed by atoms with Crippen LogP contribution in [0.3, 0.4) is 0 Å². The van der Waals surface area contributed by atoms with Crippen LogP contribution in [-0.4, -0.2) is 16.3 Å². The van der Waals surface area contributed by atoms with E-state index in [1.54, 1.807) is 0 Å². The number of rotatable bonds is 3. The Balaban J connectivity index is 4.46. The van der Waals surface area contributed by atoms with Gasteiger partial charge in [0.2, 0.25) is 0 Å². The van der Waals surface area contributed by atoms with Crippen molar-refractivity contribution < 1.29 is 18.0 Å². The van der Waals surface area contributed by atoms with E-state index in [9.17, 15) is 18.0 Å². The third-order valence-corrected chi connectivity index (χ3v) is 1.71. The van der Waals surface area contributed by atoms with Crippen molar-refractivity contribution in [2.24, 2.45) is 5.92 Å². The number of carbonyl (C=O) groups excluding carboxylic acids is 1. The standard InChI is InChI=1S/C6H6ClF3OS/c1-3(11)2-4(5(7)12)6(8,9)10/h4H,2H2,1H3. The van der Waals surface area contributed by atoms with Crippen molar-refractivity contribution in [2.45, 2.75) is 19.5 Å². The monoisotopic (exact) mass is 218 g/mol. The van der Waals surface area contributed by atoms with E-state index in [0.717, 1.165) is 6.92 Å².